The van der Waals surface area contributed by atoms with E-state index in [1.807, 2.05) is 6.92 Å². The highest BCUT2D eigenvalue weighted by Crippen LogP contribution is 2.32. The third-order valence-corrected chi connectivity index (χ3v) is 3.15. The summed E-state index contributed by atoms with van der Waals surface area (Å²) in [7, 11) is 1.53. The molecule has 0 radical (unpaired) electrons. The third-order valence-electron chi connectivity index (χ3n) is 3.15. The molecule has 6 nitrogen and oxygen atoms in total. The molecule has 0 bridgehead atoms. The summed E-state index contributed by atoms with van der Waals surface area (Å²) >= 11 is 0. The second-order valence-corrected chi connectivity index (χ2v) is 5.63. The average molecular weight is 281 g/mol. The van der Waals surface area contributed by atoms with Gasteiger partial charge in [-0.1, -0.05) is 13.8 Å². The van der Waals surface area contributed by atoms with Crippen LogP contribution in [0.15, 0.2) is 18.2 Å². The molecular weight excluding hydrogens is 258 g/mol. The number of anilines is 1. The van der Waals surface area contributed by atoms with Gasteiger partial charge in [0.15, 0.2) is 0 Å². The molecule has 1 atom stereocenters. The Labute approximate surface area is 119 Å². The molecule has 0 saturated carbocycles. The van der Waals surface area contributed by atoms with Gasteiger partial charge in [0.2, 0.25) is 0 Å². The van der Waals surface area contributed by atoms with Crippen molar-refractivity contribution in [1.82, 2.24) is 0 Å². The lowest BCUT2D eigenvalue weighted by Gasteiger charge is -2.32. The summed E-state index contributed by atoms with van der Waals surface area (Å²) in [6.45, 7) is 6.54. The van der Waals surface area contributed by atoms with E-state index in [4.69, 9.17) is 10.5 Å². The molecule has 0 heterocycles. The van der Waals surface area contributed by atoms with Gasteiger partial charge in [0.25, 0.3) is 5.69 Å². The number of nitrogens with two attached hydrogens (primary N) is 1. The van der Waals surface area contributed by atoms with Gasteiger partial charge in [0.1, 0.15) is 11.4 Å². The quantitative estimate of drug-likeness (QED) is 0.592. The minimum absolute atomic E-state index is 0.0224. The molecule has 1 aromatic carbocycles. The lowest BCUT2D eigenvalue weighted by Crippen LogP contribution is -2.43. The van der Waals surface area contributed by atoms with Crippen molar-refractivity contribution in [2.24, 2.45) is 11.7 Å². The summed E-state index contributed by atoms with van der Waals surface area (Å²) in [6, 6.07) is 4.64. The van der Waals surface area contributed by atoms with E-state index in [9.17, 15) is 10.1 Å². The Morgan fingerprint density at radius 2 is 2.15 bits per heavy atom. The maximum absolute atomic E-state index is 11.1. The molecule has 0 amide bonds. The highest BCUT2D eigenvalue weighted by Gasteiger charge is 2.27. The molecule has 0 aromatic heterocycles. The molecule has 0 fully saturated rings. The number of benzene rings is 1. The van der Waals surface area contributed by atoms with Crippen molar-refractivity contribution in [2.75, 3.05) is 19.0 Å². The van der Waals surface area contributed by atoms with Crippen molar-refractivity contribution in [2.45, 2.75) is 32.7 Å². The van der Waals surface area contributed by atoms with E-state index >= 15 is 0 Å². The number of rotatable bonds is 7. The lowest BCUT2D eigenvalue weighted by atomic mass is 9.90. The second-order valence-electron chi connectivity index (χ2n) is 5.63. The maximum Gasteiger partial charge on any atom is 0.292 e. The van der Waals surface area contributed by atoms with E-state index in [0.717, 1.165) is 6.42 Å². The summed E-state index contributed by atoms with van der Waals surface area (Å²) in [5.74, 6) is 1.00. The Balaban J connectivity index is 3.13. The lowest BCUT2D eigenvalue weighted by molar-refractivity contribution is -0.384. The fourth-order valence-electron chi connectivity index (χ4n) is 2.31. The topological polar surface area (TPSA) is 90.4 Å². The van der Waals surface area contributed by atoms with Crippen molar-refractivity contribution in [1.29, 1.82) is 0 Å². The Morgan fingerprint density at radius 1 is 1.50 bits per heavy atom. The van der Waals surface area contributed by atoms with Gasteiger partial charge in [-0.2, -0.15) is 0 Å². The number of nitrogens with zero attached hydrogens (tertiary/aromatic N) is 1. The Kier molecular flexibility index (Phi) is 5.33. The fourth-order valence-corrected chi connectivity index (χ4v) is 2.31. The third kappa shape index (κ3) is 4.09. The summed E-state index contributed by atoms with van der Waals surface area (Å²) in [6.07, 6.45) is 0.817. The molecule has 1 unspecified atom stereocenters. The molecule has 20 heavy (non-hydrogen) atoms. The zero-order valence-electron chi connectivity index (χ0n) is 12.5. The molecule has 112 valence electrons. The van der Waals surface area contributed by atoms with E-state index in [0.29, 0.717) is 23.9 Å². The van der Waals surface area contributed by atoms with Gasteiger partial charge in [-0.25, -0.2) is 0 Å². The van der Waals surface area contributed by atoms with Gasteiger partial charge in [-0.15, -0.1) is 0 Å². The first kappa shape index (κ1) is 16.2. The minimum Gasteiger partial charge on any atom is -0.497 e. The molecule has 1 aromatic rings. The minimum atomic E-state index is -0.409. The number of hydrogen-bond acceptors (Lipinski definition) is 5. The zero-order chi connectivity index (χ0) is 15.3. The molecule has 0 aliphatic carbocycles. The molecule has 3 N–H and O–H groups in total. The van der Waals surface area contributed by atoms with Gasteiger partial charge in [0.05, 0.1) is 12.0 Å². The van der Waals surface area contributed by atoms with Crippen LogP contribution in [0.5, 0.6) is 5.75 Å². The predicted molar refractivity (Wildman–Crippen MR) is 80.2 cm³/mol. The maximum atomic E-state index is 11.1. The van der Waals surface area contributed by atoms with Crippen LogP contribution in [0.4, 0.5) is 11.4 Å². The molecular formula is C14H23N3O3. The van der Waals surface area contributed by atoms with E-state index in [2.05, 4.69) is 19.2 Å². The van der Waals surface area contributed by atoms with E-state index in [1.165, 1.54) is 13.2 Å². The van der Waals surface area contributed by atoms with Crippen LogP contribution in [0, 0.1) is 16.0 Å². The first-order valence-corrected chi connectivity index (χ1v) is 6.62. The number of hydrogen-bond donors (Lipinski definition) is 2. The first-order valence-electron chi connectivity index (χ1n) is 6.62. The average Bonchev–Trinajstić information content (AvgIpc) is 2.37. The van der Waals surface area contributed by atoms with Crippen LogP contribution < -0.4 is 15.8 Å². The molecule has 0 saturated heterocycles. The number of ether oxygens (including phenoxy) is 1. The summed E-state index contributed by atoms with van der Waals surface area (Å²) in [4.78, 5) is 10.7. The molecule has 0 aliphatic heterocycles. The smallest absolute Gasteiger partial charge is 0.292 e. The van der Waals surface area contributed by atoms with Gasteiger partial charge in [-0.05, 0) is 25.3 Å². The van der Waals surface area contributed by atoms with E-state index in [-0.39, 0.29) is 5.69 Å². The highest BCUT2D eigenvalue weighted by molar-refractivity contribution is 5.65. The largest absolute Gasteiger partial charge is 0.497 e. The van der Waals surface area contributed by atoms with E-state index in [1.54, 1.807) is 12.1 Å². The summed E-state index contributed by atoms with van der Waals surface area (Å²) in [5.41, 5.74) is 5.89. The Morgan fingerprint density at radius 3 is 2.60 bits per heavy atom. The standard InChI is InChI=1S/C14H23N3O3/c1-10(2)8-14(3,9-15)16-12-7-11(20-4)5-6-13(12)17(18)19/h5-7,10,16H,8-9,15H2,1-4H3. The van der Waals surface area contributed by atoms with Crippen LogP contribution in [0.1, 0.15) is 27.2 Å². The van der Waals surface area contributed by atoms with Crippen molar-refractivity contribution in [3.8, 4) is 5.75 Å². The normalized spacial score (nSPS) is 13.9. The van der Waals surface area contributed by atoms with Gasteiger partial charge >= 0.3 is 0 Å². The van der Waals surface area contributed by atoms with Crippen LogP contribution in [0.3, 0.4) is 0 Å². The number of nitro groups is 1. The number of nitrogens with one attached hydrogen (secondary N) is 1. The van der Waals surface area contributed by atoms with E-state index < -0.39 is 10.5 Å². The van der Waals surface area contributed by atoms with Crippen LogP contribution in [-0.2, 0) is 0 Å². The second kappa shape index (κ2) is 6.56. The Hall–Kier alpha value is -1.82. The number of nitro benzene ring substituents is 1. The monoisotopic (exact) mass is 281 g/mol. The summed E-state index contributed by atoms with van der Waals surface area (Å²) in [5, 5.41) is 14.3. The zero-order valence-corrected chi connectivity index (χ0v) is 12.5. The summed E-state index contributed by atoms with van der Waals surface area (Å²) < 4.78 is 5.12. The van der Waals surface area contributed by atoms with Crippen LogP contribution in [0.25, 0.3) is 0 Å². The van der Waals surface area contributed by atoms with Crippen LogP contribution in [0.2, 0.25) is 0 Å². The van der Waals surface area contributed by atoms with Gasteiger partial charge < -0.3 is 15.8 Å². The predicted octanol–water partition coefficient (Wildman–Crippen LogP) is 2.78. The fraction of sp³-hybridized carbons (Fsp3) is 0.571. The van der Waals surface area contributed by atoms with Crippen molar-refractivity contribution in [3.05, 3.63) is 28.3 Å². The Bertz CT molecular complexity index is 477. The van der Waals surface area contributed by atoms with Crippen molar-refractivity contribution >= 4 is 11.4 Å². The van der Waals surface area contributed by atoms with Crippen LogP contribution in [-0.4, -0.2) is 24.1 Å². The van der Waals surface area contributed by atoms with Crippen molar-refractivity contribution < 1.29 is 9.66 Å². The van der Waals surface area contributed by atoms with Gasteiger partial charge in [-0.3, -0.25) is 10.1 Å². The first-order chi connectivity index (χ1) is 9.31. The van der Waals surface area contributed by atoms with Crippen LogP contribution >= 0.6 is 0 Å². The van der Waals surface area contributed by atoms with Crippen molar-refractivity contribution in [3.63, 3.8) is 0 Å². The SMILES string of the molecule is COc1ccc([N+](=O)[O-])c(NC(C)(CN)CC(C)C)c1. The number of methoxy groups -OCH3 is 1. The molecule has 0 aliphatic rings. The van der Waals surface area contributed by atoms with Gasteiger partial charge in [0, 0.05) is 24.2 Å². The molecule has 0 spiro atoms. The molecule has 1 rings (SSSR count). The molecule has 6 heteroatoms. The highest BCUT2D eigenvalue weighted by atomic mass is 16.6.